The Hall–Kier alpha value is -4.75. The number of ether oxygens (including phenoxy) is 1. The van der Waals surface area contributed by atoms with Crippen LogP contribution in [0.3, 0.4) is 0 Å². The number of nitrogens with two attached hydrogens (primary N) is 1. The summed E-state index contributed by atoms with van der Waals surface area (Å²) in [5, 5.41) is 6.67. The van der Waals surface area contributed by atoms with Gasteiger partial charge in [0, 0.05) is 30.8 Å². The van der Waals surface area contributed by atoms with E-state index < -0.39 is 47.9 Å². The summed E-state index contributed by atoms with van der Waals surface area (Å²) in [6.45, 7) is 0.886. The number of likely N-dealkylation sites (tertiary alicyclic amines) is 1. The number of nitrogen functional groups attached to an aromatic ring is 1. The number of halogens is 4. The molecule has 0 spiro atoms. The summed E-state index contributed by atoms with van der Waals surface area (Å²) in [6.07, 6.45) is -3.03. The number of alkyl halides is 4. The van der Waals surface area contributed by atoms with Crippen molar-refractivity contribution in [3.63, 3.8) is 0 Å². The highest BCUT2D eigenvalue weighted by Crippen LogP contribution is 2.38. The van der Waals surface area contributed by atoms with Gasteiger partial charge in [-0.1, -0.05) is 30.3 Å². The van der Waals surface area contributed by atoms with Crippen LogP contribution >= 0.6 is 0 Å². The maximum Gasteiger partial charge on any atom is 0.418 e. The van der Waals surface area contributed by atoms with Crippen molar-refractivity contribution in [2.75, 3.05) is 25.5 Å². The molecule has 4 heterocycles. The molecule has 4 aromatic rings. The van der Waals surface area contributed by atoms with Gasteiger partial charge in [-0.05, 0) is 24.6 Å². The number of fused-ring (bicyclic) bond motifs is 1. The topological polar surface area (TPSA) is 128 Å². The predicted octanol–water partition coefficient (Wildman–Crippen LogP) is 4.04. The van der Waals surface area contributed by atoms with E-state index >= 15 is 0 Å². The summed E-state index contributed by atoms with van der Waals surface area (Å²) in [4.78, 5) is 35.1. The Balaban J connectivity index is 1.35. The van der Waals surface area contributed by atoms with Gasteiger partial charge < -0.3 is 20.7 Å². The van der Waals surface area contributed by atoms with E-state index in [4.69, 9.17) is 10.5 Å². The minimum atomic E-state index is -4.74. The summed E-state index contributed by atoms with van der Waals surface area (Å²) in [6, 6.07) is 10.6. The van der Waals surface area contributed by atoms with Gasteiger partial charge in [0.1, 0.15) is 18.5 Å². The average molecular weight is 572 g/mol. The van der Waals surface area contributed by atoms with Crippen molar-refractivity contribution in [2.24, 2.45) is 5.92 Å². The average Bonchev–Trinajstić information content (AvgIpc) is 3.55. The SMILES string of the molecule is Cc1ncc(-c2cc(C(F)(F)F)c3c(N)ncnn23)cc1C(=O)N[C@@H]1CN(C(=O)OCc2ccccc2)C[C@@H]1CF. The van der Waals surface area contributed by atoms with Crippen LogP contribution < -0.4 is 11.1 Å². The highest BCUT2D eigenvalue weighted by Gasteiger charge is 2.38. The summed E-state index contributed by atoms with van der Waals surface area (Å²) in [5.74, 6) is -1.66. The van der Waals surface area contributed by atoms with Crippen molar-refractivity contribution in [1.29, 1.82) is 0 Å². The predicted molar refractivity (Wildman–Crippen MR) is 139 cm³/mol. The molecule has 0 radical (unpaired) electrons. The van der Waals surface area contributed by atoms with Gasteiger partial charge in [-0.2, -0.15) is 18.3 Å². The van der Waals surface area contributed by atoms with Crippen LogP contribution in [-0.2, 0) is 17.5 Å². The maximum absolute atomic E-state index is 13.9. The zero-order valence-corrected chi connectivity index (χ0v) is 21.7. The molecule has 2 atom stereocenters. The molecule has 14 heteroatoms. The third-order valence-electron chi connectivity index (χ3n) is 6.93. The van der Waals surface area contributed by atoms with E-state index in [1.54, 1.807) is 19.1 Å². The molecular weight excluding hydrogens is 546 g/mol. The fourth-order valence-corrected chi connectivity index (χ4v) is 4.79. The molecule has 5 rings (SSSR count). The number of hydrogen-bond acceptors (Lipinski definition) is 7. The van der Waals surface area contributed by atoms with Crippen molar-refractivity contribution in [2.45, 2.75) is 25.7 Å². The molecular formula is C27H25F4N7O3. The van der Waals surface area contributed by atoms with Crippen molar-refractivity contribution < 1.29 is 31.9 Å². The molecule has 1 aromatic carbocycles. The van der Waals surface area contributed by atoms with Gasteiger partial charge in [-0.15, -0.1) is 0 Å². The largest absolute Gasteiger partial charge is 0.445 e. The van der Waals surface area contributed by atoms with E-state index in [0.717, 1.165) is 22.5 Å². The number of rotatable bonds is 6. The van der Waals surface area contributed by atoms with Gasteiger partial charge in [-0.3, -0.25) is 14.2 Å². The van der Waals surface area contributed by atoms with Gasteiger partial charge in [0.15, 0.2) is 5.82 Å². The zero-order chi connectivity index (χ0) is 29.3. The van der Waals surface area contributed by atoms with Crippen LogP contribution in [0, 0.1) is 12.8 Å². The fraction of sp³-hybridized carbons (Fsp3) is 0.296. The Labute approximate surface area is 231 Å². The van der Waals surface area contributed by atoms with E-state index in [2.05, 4.69) is 20.4 Å². The number of carbonyl (C=O) groups is 2. The molecule has 1 saturated heterocycles. The lowest BCUT2D eigenvalue weighted by molar-refractivity contribution is -0.136. The normalized spacial score (nSPS) is 17.1. The lowest BCUT2D eigenvalue weighted by atomic mass is 10.0. The number of carbonyl (C=O) groups excluding carboxylic acids is 2. The lowest BCUT2D eigenvalue weighted by Gasteiger charge is -2.18. The van der Waals surface area contributed by atoms with Crippen LogP contribution in [0.25, 0.3) is 16.8 Å². The zero-order valence-electron chi connectivity index (χ0n) is 21.7. The second-order valence-corrected chi connectivity index (χ2v) is 9.64. The minimum absolute atomic E-state index is 0.00203. The van der Waals surface area contributed by atoms with Gasteiger partial charge in [-0.25, -0.2) is 14.3 Å². The Bertz CT molecular complexity index is 1590. The molecule has 10 nitrogen and oxygen atoms in total. The van der Waals surface area contributed by atoms with Crippen molar-refractivity contribution in [3.05, 3.63) is 77.4 Å². The monoisotopic (exact) mass is 571 g/mol. The maximum atomic E-state index is 13.9. The number of nitrogens with zero attached hydrogens (tertiary/aromatic N) is 5. The first-order chi connectivity index (χ1) is 19.6. The molecule has 1 aliphatic rings. The second-order valence-electron chi connectivity index (χ2n) is 9.64. The summed E-state index contributed by atoms with van der Waals surface area (Å²) >= 11 is 0. The molecule has 3 N–H and O–H groups in total. The Morgan fingerprint density at radius 1 is 1.15 bits per heavy atom. The molecule has 1 fully saturated rings. The van der Waals surface area contributed by atoms with Gasteiger partial charge in [0.25, 0.3) is 5.91 Å². The highest BCUT2D eigenvalue weighted by molar-refractivity contribution is 5.96. The van der Waals surface area contributed by atoms with Crippen molar-refractivity contribution in [1.82, 2.24) is 29.8 Å². The quantitative estimate of drug-likeness (QED) is 0.335. The van der Waals surface area contributed by atoms with Crippen LogP contribution in [0.5, 0.6) is 0 Å². The third kappa shape index (κ3) is 5.62. The molecule has 0 unspecified atom stereocenters. The number of benzene rings is 1. The number of amides is 2. The van der Waals surface area contributed by atoms with Crippen LogP contribution in [0.4, 0.5) is 28.2 Å². The van der Waals surface area contributed by atoms with Crippen LogP contribution in [0.15, 0.2) is 55.0 Å². The van der Waals surface area contributed by atoms with Crippen molar-refractivity contribution >= 4 is 23.3 Å². The van der Waals surface area contributed by atoms with E-state index in [-0.39, 0.29) is 42.3 Å². The molecule has 2 amide bonds. The molecule has 214 valence electrons. The summed E-state index contributed by atoms with van der Waals surface area (Å²) in [7, 11) is 0. The minimum Gasteiger partial charge on any atom is -0.445 e. The number of hydrogen-bond donors (Lipinski definition) is 2. The van der Waals surface area contributed by atoms with Crippen LogP contribution in [0.2, 0.25) is 0 Å². The standard InChI is InChI=1S/C27H25F4N7O3/c1-15-19(7-17(10-33-15)22-8-20(27(29,30)31)23-24(32)34-14-35-38(22)23)25(39)36-21-12-37(11-18(21)9-28)26(40)41-13-16-5-3-2-4-6-16/h2-8,10,14,18,21H,9,11-13H2,1H3,(H,36,39)(H2,32,34,35)/t18-,21+/m0/s1. The molecule has 41 heavy (non-hydrogen) atoms. The van der Waals surface area contributed by atoms with Crippen LogP contribution in [0.1, 0.15) is 27.2 Å². The Morgan fingerprint density at radius 2 is 1.90 bits per heavy atom. The number of aryl methyl sites for hydroxylation is 1. The molecule has 1 aliphatic heterocycles. The smallest absolute Gasteiger partial charge is 0.418 e. The van der Waals surface area contributed by atoms with Crippen molar-refractivity contribution in [3.8, 4) is 11.3 Å². The fourth-order valence-electron chi connectivity index (χ4n) is 4.79. The highest BCUT2D eigenvalue weighted by atomic mass is 19.4. The van der Waals surface area contributed by atoms with Gasteiger partial charge in [0.2, 0.25) is 0 Å². The van der Waals surface area contributed by atoms with Gasteiger partial charge >= 0.3 is 12.3 Å². The molecule has 0 aliphatic carbocycles. The van der Waals surface area contributed by atoms with E-state index in [0.29, 0.717) is 5.69 Å². The third-order valence-corrected chi connectivity index (χ3v) is 6.93. The Kier molecular flexibility index (Phi) is 7.47. The number of aromatic nitrogens is 4. The number of pyridine rings is 1. The van der Waals surface area contributed by atoms with E-state index in [1.807, 2.05) is 18.2 Å². The van der Waals surface area contributed by atoms with E-state index in [1.165, 1.54) is 17.2 Å². The molecule has 3 aromatic heterocycles. The second kappa shape index (κ2) is 11.0. The first kappa shape index (κ1) is 27.8. The first-order valence-corrected chi connectivity index (χ1v) is 12.6. The lowest BCUT2D eigenvalue weighted by Crippen LogP contribution is -2.42. The number of nitrogens with one attached hydrogen (secondary N) is 1. The van der Waals surface area contributed by atoms with E-state index in [9.17, 15) is 27.2 Å². The summed E-state index contributed by atoms with van der Waals surface area (Å²) < 4.78 is 61.4. The van der Waals surface area contributed by atoms with Crippen LogP contribution in [-0.4, -0.2) is 62.3 Å². The van der Waals surface area contributed by atoms with Gasteiger partial charge in [0.05, 0.1) is 35.2 Å². The summed E-state index contributed by atoms with van der Waals surface area (Å²) in [5.41, 5.74) is 5.60. The molecule has 0 saturated carbocycles. The first-order valence-electron chi connectivity index (χ1n) is 12.6. The molecule has 0 bridgehead atoms. The Morgan fingerprint density at radius 3 is 2.61 bits per heavy atom. The number of anilines is 1.